The number of hydrogen-bond acceptors (Lipinski definition) is 5. The Hall–Kier alpha value is -3.24. The van der Waals surface area contributed by atoms with Gasteiger partial charge in [-0.05, 0) is 52.2 Å². The van der Waals surface area contributed by atoms with Gasteiger partial charge in [0.25, 0.3) is 0 Å². The van der Waals surface area contributed by atoms with Crippen molar-refractivity contribution in [2.24, 2.45) is 0 Å². The fraction of sp³-hybridized carbons (Fsp3) is 0.435. The van der Waals surface area contributed by atoms with Crippen molar-refractivity contribution in [2.75, 3.05) is 50.9 Å². The van der Waals surface area contributed by atoms with E-state index in [1.54, 1.807) is 24.3 Å². The van der Waals surface area contributed by atoms with Crippen LogP contribution in [-0.4, -0.2) is 83.2 Å². The highest BCUT2D eigenvalue weighted by molar-refractivity contribution is 5.99. The van der Waals surface area contributed by atoms with Gasteiger partial charge in [0.2, 0.25) is 0 Å². The van der Waals surface area contributed by atoms with Crippen molar-refractivity contribution < 1.29 is 19.1 Å². The zero-order valence-corrected chi connectivity index (χ0v) is 19.2. The van der Waals surface area contributed by atoms with E-state index < -0.39 is 17.9 Å². The number of aromatic nitrogens is 1. The maximum absolute atomic E-state index is 15.1. The largest absolute Gasteiger partial charge is 0.465 e. The smallest absolute Gasteiger partial charge is 0.407 e. The molecule has 1 aliphatic rings. The number of nitrogens with zero attached hydrogens (tertiary/aromatic N) is 4. The monoisotopic (exact) mass is 458 g/mol. The molecule has 9 nitrogen and oxygen atoms in total. The molecule has 10 heteroatoms. The molecule has 0 aliphatic carbocycles. The van der Waals surface area contributed by atoms with Crippen molar-refractivity contribution in [3.63, 3.8) is 0 Å². The van der Waals surface area contributed by atoms with E-state index in [-0.39, 0.29) is 11.7 Å². The average molecular weight is 459 g/mol. The highest BCUT2D eigenvalue weighted by atomic mass is 19.1. The molecule has 1 fully saturated rings. The first-order chi connectivity index (χ1) is 15.7. The number of piperazine rings is 1. The van der Waals surface area contributed by atoms with E-state index in [1.807, 2.05) is 25.9 Å². The summed E-state index contributed by atoms with van der Waals surface area (Å²) in [5.41, 5.74) is 1.86. The number of aryl methyl sites for hydroxylation is 1. The third-order valence-electron chi connectivity index (χ3n) is 5.61. The van der Waals surface area contributed by atoms with Crippen LogP contribution in [0.15, 0.2) is 36.5 Å². The van der Waals surface area contributed by atoms with Crippen LogP contribution in [0.4, 0.5) is 25.4 Å². The van der Waals surface area contributed by atoms with Crippen LogP contribution < -0.4 is 10.6 Å². The van der Waals surface area contributed by atoms with Crippen molar-refractivity contribution in [2.45, 2.75) is 25.9 Å². The van der Waals surface area contributed by atoms with E-state index in [2.05, 4.69) is 20.5 Å². The zero-order valence-electron chi connectivity index (χ0n) is 19.2. The minimum atomic E-state index is -0.925. The topological polar surface area (TPSA) is 101 Å². The second-order valence-corrected chi connectivity index (χ2v) is 8.50. The van der Waals surface area contributed by atoms with Crippen LogP contribution in [0.1, 0.15) is 17.7 Å². The molecule has 3 rings (SSSR count). The van der Waals surface area contributed by atoms with E-state index in [0.29, 0.717) is 43.9 Å². The van der Waals surface area contributed by atoms with Gasteiger partial charge in [-0.2, -0.15) is 0 Å². The van der Waals surface area contributed by atoms with Crippen LogP contribution in [-0.2, 0) is 6.54 Å². The van der Waals surface area contributed by atoms with Crippen LogP contribution in [0.25, 0.3) is 0 Å². The number of carbonyl (C=O) groups excluding carboxylic acids is 1. The fourth-order valence-corrected chi connectivity index (χ4v) is 3.84. The second kappa shape index (κ2) is 11.1. The molecule has 2 aromatic rings. The SMILES string of the molecule is Cc1ccc(NC(=O)Nc2cccc(CN3CCN(C(=O)O)C(CCN(C)C)C3)c2F)cn1. The normalized spacial score (nSPS) is 16.6. The van der Waals surface area contributed by atoms with Gasteiger partial charge in [0.1, 0.15) is 0 Å². The first-order valence-electron chi connectivity index (χ1n) is 10.9. The third kappa shape index (κ3) is 6.87. The number of anilines is 2. The molecule has 178 valence electrons. The van der Waals surface area contributed by atoms with Crippen molar-refractivity contribution in [3.05, 3.63) is 53.6 Å². The summed E-state index contributed by atoms with van der Waals surface area (Å²) in [7, 11) is 3.90. The number of amides is 3. The molecular weight excluding hydrogens is 427 g/mol. The summed E-state index contributed by atoms with van der Waals surface area (Å²) in [6, 6.07) is 7.66. The predicted molar refractivity (Wildman–Crippen MR) is 125 cm³/mol. The summed E-state index contributed by atoms with van der Waals surface area (Å²) >= 11 is 0. The Morgan fingerprint density at radius 3 is 2.67 bits per heavy atom. The number of urea groups is 1. The molecular formula is C23H31FN6O3. The Morgan fingerprint density at radius 2 is 2.00 bits per heavy atom. The Bertz CT molecular complexity index is 969. The van der Waals surface area contributed by atoms with Gasteiger partial charge < -0.3 is 25.5 Å². The molecule has 1 unspecified atom stereocenters. The molecule has 0 radical (unpaired) electrons. The molecule has 0 saturated carbocycles. The lowest BCUT2D eigenvalue weighted by Gasteiger charge is -2.40. The molecule has 1 atom stereocenters. The van der Waals surface area contributed by atoms with Crippen molar-refractivity contribution >= 4 is 23.5 Å². The molecule has 3 amide bonds. The summed E-state index contributed by atoms with van der Waals surface area (Å²) < 4.78 is 15.1. The quantitative estimate of drug-likeness (QED) is 0.589. The van der Waals surface area contributed by atoms with Gasteiger partial charge in [-0.1, -0.05) is 12.1 Å². The lowest BCUT2D eigenvalue weighted by molar-refractivity contribution is 0.0579. The molecule has 1 saturated heterocycles. The first kappa shape index (κ1) is 24.4. The van der Waals surface area contributed by atoms with Gasteiger partial charge in [0.05, 0.1) is 17.6 Å². The molecule has 2 heterocycles. The number of rotatable bonds is 7. The van der Waals surface area contributed by atoms with Gasteiger partial charge >= 0.3 is 12.1 Å². The van der Waals surface area contributed by atoms with Crippen molar-refractivity contribution in [1.29, 1.82) is 0 Å². The molecule has 1 aliphatic heterocycles. The van der Waals surface area contributed by atoms with Gasteiger partial charge in [-0.15, -0.1) is 0 Å². The van der Waals surface area contributed by atoms with E-state index in [4.69, 9.17) is 0 Å². The maximum atomic E-state index is 15.1. The lowest BCUT2D eigenvalue weighted by atomic mass is 10.1. The molecule has 0 spiro atoms. The van der Waals surface area contributed by atoms with Gasteiger partial charge in [-0.3, -0.25) is 9.88 Å². The maximum Gasteiger partial charge on any atom is 0.407 e. The molecule has 1 aromatic carbocycles. The van der Waals surface area contributed by atoms with Crippen LogP contribution in [0.2, 0.25) is 0 Å². The van der Waals surface area contributed by atoms with Gasteiger partial charge in [-0.25, -0.2) is 14.0 Å². The number of carbonyl (C=O) groups is 2. The number of benzene rings is 1. The van der Waals surface area contributed by atoms with Crippen LogP contribution in [0.5, 0.6) is 0 Å². The number of halogens is 1. The first-order valence-corrected chi connectivity index (χ1v) is 10.9. The zero-order chi connectivity index (χ0) is 24.0. The molecule has 1 aromatic heterocycles. The summed E-state index contributed by atoms with van der Waals surface area (Å²) in [6.45, 7) is 4.36. The van der Waals surface area contributed by atoms with Crippen molar-refractivity contribution in [3.8, 4) is 0 Å². The van der Waals surface area contributed by atoms with Crippen LogP contribution in [0.3, 0.4) is 0 Å². The summed E-state index contributed by atoms with van der Waals surface area (Å²) in [5, 5.41) is 14.7. The fourth-order valence-electron chi connectivity index (χ4n) is 3.84. The minimum Gasteiger partial charge on any atom is -0.465 e. The molecule has 33 heavy (non-hydrogen) atoms. The molecule has 3 N–H and O–H groups in total. The Morgan fingerprint density at radius 1 is 1.21 bits per heavy atom. The highest BCUT2D eigenvalue weighted by Crippen LogP contribution is 2.22. The third-order valence-corrected chi connectivity index (χ3v) is 5.61. The van der Waals surface area contributed by atoms with Gasteiger partial charge in [0, 0.05) is 43.5 Å². The molecule has 0 bridgehead atoms. The minimum absolute atomic E-state index is 0.0819. The van der Waals surface area contributed by atoms with E-state index in [1.165, 1.54) is 17.2 Å². The van der Waals surface area contributed by atoms with Gasteiger partial charge in [0.15, 0.2) is 5.82 Å². The average Bonchev–Trinajstić information content (AvgIpc) is 2.76. The number of pyridine rings is 1. The van der Waals surface area contributed by atoms with Crippen LogP contribution in [0, 0.1) is 12.7 Å². The Labute approximate surface area is 193 Å². The predicted octanol–water partition coefficient (Wildman–Crippen LogP) is 3.29. The lowest BCUT2D eigenvalue weighted by Crippen LogP contribution is -2.55. The number of carboxylic acid groups (broad SMARTS) is 1. The number of hydrogen-bond donors (Lipinski definition) is 3. The van der Waals surface area contributed by atoms with E-state index >= 15 is 4.39 Å². The second-order valence-electron chi connectivity index (χ2n) is 8.50. The Kier molecular flexibility index (Phi) is 8.18. The number of nitrogens with one attached hydrogen (secondary N) is 2. The summed E-state index contributed by atoms with van der Waals surface area (Å²) in [6.07, 6.45) is 1.31. The van der Waals surface area contributed by atoms with E-state index in [0.717, 1.165) is 12.2 Å². The summed E-state index contributed by atoms with van der Waals surface area (Å²) in [4.78, 5) is 33.6. The highest BCUT2D eigenvalue weighted by Gasteiger charge is 2.30. The summed E-state index contributed by atoms with van der Waals surface area (Å²) in [5.74, 6) is -0.500. The Balaban J connectivity index is 1.64. The standard InChI is InChI=1S/C23H31FN6O3/c1-16-7-8-18(13-25-16)26-22(31)27-20-6-4-5-17(21(20)24)14-29-11-12-30(23(32)33)19(15-29)9-10-28(2)3/h4-8,13,19H,9-12,14-15H2,1-3H3,(H,32,33)(H2,26,27,31). The van der Waals surface area contributed by atoms with Crippen molar-refractivity contribution in [1.82, 2.24) is 19.7 Å². The van der Waals surface area contributed by atoms with Crippen LogP contribution >= 0.6 is 0 Å². The van der Waals surface area contributed by atoms with E-state index in [9.17, 15) is 14.7 Å².